The highest BCUT2D eigenvalue weighted by Crippen LogP contribution is 2.22. The molecule has 90 valence electrons. The Morgan fingerprint density at radius 1 is 1.35 bits per heavy atom. The number of aryl methyl sites for hydroxylation is 1. The normalized spacial score (nSPS) is 12.6. The molecule has 0 fully saturated rings. The Morgan fingerprint density at radius 2 is 2.12 bits per heavy atom. The average molecular weight is 294 g/mol. The van der Waals surface area contributed by atoms with Gasteiger partial charge in [0.1, 0.15) is 0 Å². The Hall–Kier alpha value is -1.13. The van der Waals surface area contributed by atoms with Crippen LogP contribution in [-0.2, 0) is 13.6 Å². The van der Waals surface area contributed by atoms with Gasteiger partial charge < -0.3 is 5.32 Å². The standard InChI is InChI=1S/C13H16BrN3/c1-10(12-5-3-4-6-13(12)14)15-9-11-7-8-17(2)16-11/h3-8,10,15H,9H2,1-2H3/t10-/m0/s1. The van der Waals surface area contributed by atoms with Crippen molar-refractivity contribution in [3.8, 4) is 0 Å². The maximum atomic E-state index is 4.34. The van der Waals surface area contributed by atoms with Crippen LogP contribution in [-0.4, -0.2) is 9.78 Å². The smallest absolute Gasteiger partial charge is 0.0762 e. The van der Waals surface area contributed by atoms with E-state index in [9.17, 15) is 0 Å². The number of aromatic nitrogens is 2. The Kier molecular flexibility index (Phi) is 3.97. The van der Waals surface area contributed by atoms with Crippen molar-refractivity contribution in [3.05, 3.63) is 52.3 Å². The molecule has 1 N–H and O–H groups in total. The Labute approximate surface area is 110 Å². The minimum Gasteiger partial charge on any atom is -0.304 e. The second-order valence-electron chi connectivity index (χ2n) is 4.10. The predicted molar refractivity (Wildman–Crippen MR) is 72.6 cm³/mol. The summed E-state index contributed by atoms with van der Waals surface area (Å²) in [5.74, 6) is 0. The third-order valence-corrected chi connectivity index (χ3v) is 3.45. The van der Waals surface area contributed by atoms with E-state index in [1.807, 2.05) is 30.1 Å². The summed E-state index contributed by atoms with van der Waals surface area (Å²) in [5.41, 5.74) is 2.33. The second-order valence-corrected chi connectivity index (χ2v) is 4.96. The van der Waals surface area contributed by atoms with Gasteiger partial charge in [0, 0.05) is 30.3 Å². The summed E-state index contributed by atoms with van der Waals surface area (Å²) >= 11 is 3.57. The maximum absolute atomic E-state index is 4.34. The molecule has 2 aromatic rings. The zero-order valence-electron chi connectivity index (χ0n) is 10.0. The summed E-state index contributed by atoms with van der Waals surface area (Å²) < 4.78 is 2.96. The molecule has 2 rings (SSSR count). The van der Waals surface area contributed by atoms with Crippen LogP contribution in [0.4, 0.5) is 0 Å². The van der Waals surface area contributed by atoms with Gasteiger partial charge in [-0.25, -0.2) is 0 Å². The van der Waals surface area contributed by atoms with Crippen LogP contribution in [0.5, 0.6) is 0 Å². The number of halogens is 1. The lowest BCUT2D eigenvalue weighted by Gasteiger charge is -2.14. The van der Waals surface area contributed by atoms with E-state index < -0.39 is 0 Å². The third kappa shape index (κ3) is 3.17. The first kappa shape index (κ1) is 12.3. The first-order valence-corrected chi connectivity index (χ1v) is 6.42. The van der Waals surface area contributed by atoms with Gasteiger partial charge in [-0.1, -0.05) is 34.1 Å². The van der Waals surface area contributed by atoms with Crippen LogP contribution in [0.1, 0.15) is 24.2 Å². The Bertz CT molecular complexity index is 493. The fourth-order valence-corrected chi connectivity index (χ4v) is 2.38. The first-order chi connectivity index (χ1) is 8.16. The van der Waals surface area contributed by atoms with Crippen molar-refractivity contribution in [1.82, 2.24) is 15.1 Å². The fourth-order valence-electron chi connectivity index (χ4n) is 1.75. The zero-order chi connectivity index (χ0) is 12.3. The largest absolute Gasteiger partial charge is 0.304 e. The highest BCUT2D eigenvalue weighted by molar-refractivity contribution is 9.10. The van der Waals surface area contributed by atoms with Gasteiger partial charge in [-0.05, 0) is 24.6 Å². The van der Waals surface area contributed by atoms with Crippen LogP contribution in [0.15, 0.2) is 41.0 Å². The molecule has 0 unspecified atom stereocenters. The monoisotopic (exact) mass is 293 g/mol. The first-order valence-electron chi connectivity index (χ1n) is 5.63. The molecule has 17 heavy (non-hydrogen) atoms. The highest BCUT2D eigenvalue weighted by Gasteiger charge is 2.08. The summed E-state index contributed by atoms with van der Waals surface area (Å²) in [5, 5.41) is 7.80. The van der Waals surface area contributed by atoms with E-state index in [0.29, 0.717) is 6.04 Å². The van der Waals surface area contributed by atoms with E-state index in [4.69, 9.17) is 0 Å². The summed E-state index contributed by atoms with van der Waals surface area (Å²) in [6.07, 6.45) is 1.96. The fraction of sp³-hybridized carbons (Fsp3) is 0.308. The number of hydrogen-bond donors (Lipinski definition) is 1. The number of hydrogen-bond acceptors (Lipinski definition) is 2. The Morgan fingerprint density at radius 3 is 2.76 bits per heavy atom. The topological polar surface area (TPSA) is 29.9 Å². The lowest BCUT2D eigenvalue weighted by Crippen LogP contribution is -2.18. The quantitative estimate of drug-likeness (QED) is 0.939. The van der Waals surface area contributed by atoms with Crippen molar-refractivity contribution >= 4 is 15.9 Å². The van der Waals surface area contributed by atoms with E-state index >= 15 is 0 Å². The van der Waals surface area contributed by atoms with E-state index in [-0.39, 0.29) is 0 Å². The van der Waals surface area contributed by atoms with Gasteiger partial charge in [0.05, 0.1) is 5.69 Å². The lowest BCUT2D eigenvalue weighted by atomic mass is 10.1. The summed E-state index contributed by atoms with van der Waals surface area (Å²) in [7, 11) is 1.93. The molecule has 0 saturated heterocycles. The molecule has 1 aromatic carbocycles. The van der Waals surface area contributed by atoms with Gasteiger partial charge in [0.25, 0.3) is 0 Å². The molecule has 0 amide bonds. The zero-order valence-corrected chi connectivity index (χ0v) is 11.6. The van der Waals surface area contributed by atoms with E-state index in [0.717, 1.165) is 16.7 Å². The molecule has 4 heteroatoms. The van der Waals surface area contributed by atoms with Gasteiger partial charge in [-0.2, -0.15) is 5.10 Å². The molecule has 0 radical (unpaired) electrons. The minimum atomic E-state index is 0.299. The van der Waals surface area contributed by atoms with Crippen LogP contribution in [0.3, 0.4) is 0 Å². The van der Waals surface area contributed by atoms with E-state index in [1.165, 1.54) is 5.56 Å². The van der Waals surface area contributed by atoms with Gasteiger partial charge in [-0.3, -0.25) is 4.68 Å². The molecule has 1 atom stereocenters. The number of rotatable bonds is 4. The average Bonchev–Trinajstić information content (AvgIpc) is 2.73. The van der Waals surface area contributed by atoms with Crippen molar-refractivity contribution in [2.45, 2.75) is 19.5 Å². The minimum absolute atomic E-state index is 0.299. The van der Waals surface area contributed by atoms with Crippen molar-refractivity contribution in [3.63, 3.8) is 0 Å². The van der Waals surface area contributed by atoms with E-state index in [2.05, 4.69) is 51.5 Å². The SMILES string of the molecule is C[C@H](NCc1ccn(C)n1)c1ccccc1Br. The van der Waals surface area contributed by atoms with Crippen molar-refractivity contribution in [2.24, 2.45) is 7.05 Å². The van der Waals surface area contributed by atoms with Crippen LogP contribution >= 0.6 is 15.9 Å². The van der Waals surface area contributed by atoms with Gasteiger partial charge in [0.2, 0.25) is 0 Å². The van der Waals surface area contributed by atoms with Crippen LogP contribution in [0.2, 0.25) is 0 Å². The molecule has 0 aliphatic rings. The maximum Gasteiger partial charge on any atom is 0.0762 e. The van der Waals surface area contributed by atoms with Crippen LogP contribution in [0.25, 0.3) is 0 Å². The number of benzene rings is 1. The number of nitrogens with one attached hydrogen (secondary N) is 1. The van der Waals surface area contributed by atoms with Crippen LogP contribution < -0.4 is 5.32 Å². The summed E-state index contributed by atoms with van der Waals surface area (Å²) in [6.45, 7) is 2.94. The molecule has 0 aliphatic carbocycles. The molecular formula is C13H16BrN3. The molecule has 0 bridgehead atoms. The highest BCUT2D eigenvalue weighted by atomic mass is 79.9. The lowest BCUT2D eigenvalue weighted by molar-refractivity contribution is 0.560. The van der Waals surface area contributed by atoms with Crippen molar-refractivity contribution < 1.29 is 0 Å². The molecule has 0 spiro atoms. The molecule has 3 nitrogen and oxygen atoms in total. The van der Waals surface area contributed by atoms with Gasteiger partial charge in [-0.15, -0.1) is 0 Å². The van der Waals surface area contributed by atoms with Crippen molar-refractivity contribution in [1.29, 1.82) is 0 Å². The molecular weight excluding hydrogens is 278 g/mol. The Balaban J connectivity index is 1.98. The number of nitrogens with zero attached hydrogens (tertiary/aromatic N) is 2. The summed E-state index contributed by atoms with van der Waals surface area (Å²) in [4.78, 5) is 0. The van der Waals surface area contributed by atoms with Crippen LogP contribution in [0, 0.1) is 0 Å². The van der Waals surface area contributed by atoms with Crippen molar-refractivity contribution in [2.75, 3.05) is 0 Å². The van der Waals surface area contributed by atoms with E-state index in [1.54, 1.807) is 0 Å². The molecule has 1 heterocycles. The predicted octanol–water partition coefficient (Wildman–Crippen LogP) is 3.03. The third-order valence-electron chi connectivity index (χ3n) is 2.73. The molecule has 0 aliphatic heterocycles. The van der Waals surface area contributed by atoms with Gasteiger partial charge >= 0.3 is 0 Å². The molecule has 0 saturated carbocycles. The molecule has 1 aromatic heterocycles. The summed E-state index contributed by atoms with van der Waals surface area (Å²) in [6, 6.07) is 10.6. The van der Waals surface area contributed by atoms with Gasteiger partial charge in [0.15, 0.2) is 0 Å². The second kappa shape index (κ2) is 5.47.